The number of Topliss-reactive ketones (excluding diaryl/α,β-unsaturated/α-hetero) is 1. The summed E-state index contributed by atoms with van der Waals surface area (Å²) in [6.45, 7) is 3.91. The van der Waals surface area contributed by atoms with E-state index in [0.717, 1.165) is 6.07 Å². The van der Waals surface area contributed by atoms with E-state index in [9.17, 15) is 9.18 Å². The smallest absolute Gasteiger partial charge is 0.164 e. The molecule has 76 valence electrons. The Morgan fingerprint density at radius 3 is 2.64 bits per heavy atom. The van der Waals surface area contributed by atoms with Gasteiger partial charge in [-0.2, -0.15) is 0 Å². The minimum Gasteiger partial charge on any atom is -0.294 e. The summed E-state index contributed by atoms with van der Waals surface area (Å²) in [7, 11) is 0. The van der Waals surface area contributed by atoms with Crippen LogP contribution in [0.5, 0.6) is 0 Å². The van der Waals surface area contributed by atoms with Crippen LogP contribution in [0, 0.1) is 11.7 Å². The molecule has 0 amide bonds. The van der Waals surface area contributed by atoms with E-state index in [4.69, 9.17) is 11.6 Å². The van der Waals surface area contributed by atoms with Crippen molar-refractivity contribution >= 4 is 17.4 Å². The summed E-state index contributed by atoms with van der Waals surface area (Å²) in [4.78, 5) is 11.6. The molecule has 0 saturated heterocycles. The summed E-state index contributed by atoms with van der Waals surface area (Å²) in [6, 6.07) is 3.84. The zero-order valence-corrected chi connectivity index (χ0v) is 8.94. The van der Waals surface area contributed by atoms with Crippen molar-refractivity contribution in [2.24, 2.45) is 5.92 Å². The minimum absolute atomic E-state index is 0.0370. The molecule has 0 fully saturated rings. The number of carbonyl (C=O) groups is 1. The lowest BCUT2D eigenvalue weighted by atomic mass is 10.0. The molecule has 1 rings (SSSR count). The van der Waals surface area contributed by atoms with Crippen LogP contribution in [0.25, 0.3) is 0 Å². The maximum absolute atomic E-state index is 12.7. The molecule has 0 radical (unpaired) electrons. The molecule has 14 heavy (non-hydrogen) atoms. The Morgan fingerprint density at radius 1 is 1.50 bits per heavy atom. The highest BCUT2D eigenvalue weighted by Crippen LogP contribution is 2.20. The summed E-state index contributed by atoms with van der Waals surface area (Å²) >= 11 is 5.75. The zero-order chi connectivity index (χ0) is 10.7. The topological polar surface area (TPSA) is 17.1 Å². The highest BCUT2D eigenvalue weighted by molar-refractivity contribution is 6.33. The van der Waals surface area contributed by atoms with E-state index in [1.165, 1.54) is 12.1 Å². The van der Waals surface area contributed by atoms with Crippen LogP contribution in [-0.4, -0.2) is 5.78 Å². The predicted molar refractivity (Wildman–Crippen MR) is 55.2 cm³/mol. The SMILES string of the molecule is CC(C)CC(=O)c1ccc(F)cc1Cl. The Morgan fingerprint density at radius 2 is 2.14 bits per heavy atom. The van der Waals surface area contributed by atoms with Crippen LogP contribution in [0.1, 0.15) is 30.6 Å². The van der Waals surface area contributed by atoms with Gasteiger partial charge in [0.15, 0.2) is 5.78 Å². The van der Waals surface area contributed by atoms with Crippen molar-refractivity contribution in [3.05, 3.63) is 34.6 Å². The number of halogens is 2. The van der Waals surface area contributed by atoms with Gasteiger partial charge in [-0.3, -0.25) is 4.79 Å². The summed E-state index contributed by atoms with van der Waals surface area (Å²) in [5.41, 5.74) is 0.404. The largest absolute Gasteiger partial charge is 0.294 e. The molecule has 0 atom stereocenters. The van der Waals surface area contributed by atoms with E-state index in [1.54, 1.807) is 0 Å². The predicted octanol–water partition coefficient (Wildman–Crippen LogP) is 3.71. The maximum Gasteiger partial charge on any atom is 0.164 e. The summed E-state index contributed by atoms with van der Waals surface area (Å²) in [6.07, 6.45) is 0.436. The summed E-state index contributed by atoms with van der Waals surface area (Å²) in [5.74, 6) is -0.176. The second-order valence-electron chi connectivity index (χ2n) is 3.65. The number of benzene rings is 1. The Labute approximate surface area is 87.9 Å². The molecule has 1 aromatic rings. The van der Waals surface area contributed by atoms with Crippen LogP contribution < -0.4 is 0 Å². The van der Waals surface area contributed by atoms with Gasteiger partial charge >= 0.3 is 0 Å². The number of ketones is 1. The maximum atomic E-state index is 12.7. The third-order valence-electron chi connectivity index (χ3n) is 1.83. The Hall–Kier alpha value is -0.890. The molecular weight excluding hydrogens is 203 g/mol. The second-order valence-corrected chi connectivity index (χ2v) is 4.05. The third-order valence-corrected chi connectivity index (χ3v) is 2.14. The van der Waals surface area contributed by atoms with Gasteiger partial charge in [0, 0.05) is 12.0 Å². The molecule has 0 aliphatic rings. The van der Waals surface area contributed by atoms with Crippen LogP contribution in [0.3, 0.4) is 0 Å². The molecule has 0 bridgehead atoms. The fourth-order valence-corrected chi connectivity index (χ4v) is 1.47. The van der Waals surface area contributed by atoms with Crippen molar-refractivity contribution in [1.29, 1.82) is 0 Å². The Kier molecular flexibility index (Phi) is 3.64. The van der Waals surface area contributed by atoms with Crippen molar-refractivity contribution in [2.75, 3.05) is 0 Å². The van der Waals surface area contributed by atoms with E-state index >= 15 is 0 Å². The molecule has 0 aromatic heterocycles. The number of carbonyl (C=O) groups excluding carboxylic acids is 1. The molecule has 0 saturated carbocycles. The van der Waals surface area contributed by atoms with Crippen molar-refractivity contribution in [3.8, 4) is 0 Å². The Bertz CT molecular complexity index is 347. The number of rotatable bonds is 3. The van der Waals surface area contributed by atoms with Crippen molar-refractivity contribution in [2.45, 2.75) is 20.3 Å². The molecule has 3 heteroatoms. The first-order valence-corrected chi connectivity index (χ1v) is 4.86. The van der Waals surface area contributed by atoms with Gasteiger partial charge in [0.05, 0.1) is 5.02 Å². The quantitative estimate of drug-likeness (QED) is 0.701. The van der Waals surface area contributed by atoms with E-state index in [1.807, 2.05) is 13.8 Å². The van der Waals surface area contributed by atoms with Crippen LogP contribution >= 0.6 is 11.6 Å². The molecular formula is C11H12ClFO. The first-order chi connectivity index (χ1) is 6.50. The molecule has 0 unspecified atom stereocenters. The average molecular weight is 215 g/mol. The highest BCUT2D eigenvalue weighted by Gasteiger charge is 2.12. The molecule has 1 nitrogen and oxygen atoms in total. The van der Waals surface area contributed by atoms with E-state index in [-0.39, 0.29) is 16.7 Å². The molecule has 0 N–H and O–H groups in total. The standard InChI is InChI=1S/C11H12ClFO/c1-7(2)5-11(14)9-4-3-8(13)6-10(9)12/h3-4,6-7H,5H2,1-2H3. The van der Waals surface area contributed by atoms with Gasteiger partial charge in [-0.05, 0) is 24.1 Å². The average Bonchev–Trinajstić information content (AvgIpc) is 2.01. The molecule has 0 aliphatic carbocycles. The zero-order valence-electron chi connectivity index (χ0n) is 8.18. The molecule has 1 aromatic carbocycles. The normalized spacial score (nSPS) is 10.6. The van der Waals surface area contributed by atoms with Gasteiger partial charge in [0.1, 0.15) is 5.82 Å². The Balaban J connectivity index is 2.90. The van der Waals surface area contributed by atoms with Crippen molar-refractivity contribution < 1.29 is 9.18 Å². The van der Waals surface area contributed by atoms with Gasteiger partial charge in [0.2, 0.25) is 0 Å². The fraction of sp³-hybridized carbons (Fsp3) is 0.364. The van der Waals surface area contributed by atoms with Crippen molar-refractivity contribution in [1.82, 2.24) is 0 Å². The lowest BCUT2D eigenvalue weighted by molar-refractivity contribution is 0.0968. The van der Waals surface area contributed by atoms with Crippen LogP contribution in [-0.2, 0) is 0 Å². The van der Waals surface area contributed by atoms with E-state index < -0.39 is 5.82 Å². The van der Waals surface area contributed by atoms with Crippen LogP contribution in [0.2, 0.25) is 5.02 Å². The molecule has 0 spiro atoms. The van der Waals surface area contributed by atoms with Gasteiger partial charge in [-0.15, -0.1) is 0 Å². The van der Waals surface area contributed by atoms with Crippen LogP contribution in [0.4, 0.5) is 4.39 Å². The lowest BCUT2D eigenvalue weighted by Crippen LogP contribution is -2.04. The molecule has 0 heterocycles. The lowest BCUT2D eigenvalue weighted by Gasteiger charge is -2.05. The monoisotopic (exact) mass is 214 g/mol. The summed E-state index contributed by atoms with van der Waals surface area (Å²) in [5, 5.41) is 0.190. The number of hydrogen-bond acceptors (Lipinski definition) is 1. The van der Waals surface area contributed by atoms with E-state index in [0.29, 0.717) is 12.0 Å². The highest BCUT2D eigenvalue weighted by atomic mass is 35.5. The van der Waals surface area contributed by atoms with Gasteiger partial charge in [-0.1, -0.05) is 25.4 Å². The number of hydrogen-bond donors (Lipinski definition) is 0. The van der Waals surface area contributed by atoms with Crippen LogP contribution in [0.15, 0.2) is 18.2 Å². The van der Waals surface area contributed by atoms with Gasteiger partial charge in [-0.25, -0.2) is 4.39 Å². The second kappa shape index (κ2) is 4.56. The minimum atomic E-state index is -0.420. The molecule has 0 aliphatic heterocycles. The fourth-order valence-electron chi connectivity index (χ4n) is 1.20. The third kappa shape index (κ3) is 2.81. The van der Waals surface area contributed by atoms with E-state index in [2.05, 4.69) is 0 Å². The first-order valence-electron chi connectivity index (χ1n) is 4.49. The van der Waals surface area contributed by atoms with Gasteiger partial charge in [0.25, 0.3) is 0 Å². The van der Waals surface area contributed by atoms with Gasteiger partial charge < -0.3 is 0 Å². The first kappa shape index (κ1) is 11.2. The van der Waals surface area contributed by atoms with Crippen molar-refractivity contribution in [3.63, 3.8) is 0 Å². The summed E-state index contributed by atoms with van der Waals surface area (Å²) < 4.78 is 12.7.